The van der Waals surface area contributed by atoms with Gasteiger partial charge >= 0.3 is 171 Å². The van der Waals surface area contributed by atoms with Gasteiger partial charge in [-0.15, -0.1) is 0 Å². The summed E-state index contributed by atoms with van der Waals surface area (Å²) < 4.78 is 43.2. The maximum absolute atomic E-state index is 8.64. The number of hydrogen-bond acceptors (Lipinski definition) is 5. The second-order valence-electron chi connectivity index (χ2n) is 0.589. The summed E-state index contributed by atoms with van der Waals surface area (Å²) in [5.41, 5.74) is 0. The van der Waals surface area contributed by atoms with Crippen molar-refractivity contribution in [1.29, 1.82) is 0 Å². The molecule has 0 N–H and O–H groups in total. The summed E-state index contributed by atoms with van der Waals surface area (Å²) in [6.07, 6.45) is 0. The van der Waals surface area contributed by atoms with Crippen molar-refractivity contribution in [3.63, 3.8) is 0 Å². The first kappa shape index (κ1) is 18.0. The molecule has 0 unspecified atom stereocenters. The van der Waals surface area contributed by atoms with Gasteiger partial charge in [0, 0.05) is 0 Å². The Morgan fingerprint density at radius 1 is 0.875 bits per heavy atom. The first-order valence-corrected chi connectivity index (χ1v) is 4.27. The third-order valence-electron chi connectivity index (χ3n) is 0. The zero-order valence-corrected chi connectivity index (χ0v) is 18.7. The van der Waals surface area contributed by atoms with Crippen LogP contribution in [0.2, 0.25) is 0 Å². The van der Waals surface area contributed by atoms with Gasteiger partial charge < -0.3 is 0 Å². The van der Waals surface area contributed by atoms with E-state index < -0.39 is 14.2 Å². The van der Waals surface area contributed by atoms with E-state index in [0.717, 1.165) is 0 Å². The Balaban J connectivity index is -0.000000125. The molecule has 0 spiro atoms. The van der Waals surface area contributed by atoms with Crippen molar-refractivity contribution in [2.75, 3.05) is 0 Å². The van der Waals surface area contributed by atoms with Crippen molar-refractivity contribution >= 4 is 0 Å². The van der Waals surface area contributed by atoms with Crippen molar-refractivity contribution < 1.29 is 171 Å². The Morgan fingerprint density at radius 2 is 0.875 bits per heavy atom. The minimum absolute atomic E-state index is 0. The Labute approximate surface area is 164 Å². The van der Waals surface area contributed by atoms with Gasteiger partial charge in [-0.2, -0.15) is 0 Å². The first-order chi connectivity index (χ1) is 2.24. The zero-order valence-electron chi connectivity index (χ0n) is 4.39. The van der Waals surface area contributed by atoms with Gasteiger partial charge in [0.1, 0.15) is 0 Å². The van der Waals surface area contributed by atoms with Crippen LogP contribution in [0.15, 0.2) is 0 Å². The third-order valence-corrected chi connectivity index (χ3v) is 0. The number of rotatable bonds is 0. The molecule has 0 aliphatic rings. The quantitative estimate of drug-likeness (QED) is 0.344. The first-order valence-electron chi connectivity index (χ1n) is 0.722. The molecular formula is Cs2O5Ru. The monoisotopic (exact) mass is 448 g/mol. The summed E-state index contributed by atoms with van der Waals surface area (Å²) >= 11 is -7.72. The van der Waals surface area contributed by atoms with E-state index in [1.807, 2.05) is 0 Å². The predicted molar refractivity (Wildman–Crippen MR) is 2.06 cm³/mol. The van der Waals surface area contributed by atoms with E-state index in [-0.39, 0.29) is 138 Å². The Bertz CT molecular complexity index is 189. The van der Waals surface area contributed by atoms with E-state index in [4.69, 9.17) is 18.6 Å². The van der Waals surface area contributed by atoms with E-state index in [1.54, 1.807) is 0 Å². The second kappa shape index (κ2) is 5.65. The maximum atomic E-state index is 8.64. The van der Waals surface area contributed by atoms with Gasteiger partial charge in [-0.05, 0) is 0 Å². The summed E-state index contributed by atoms with van der Waals surface area (Å²) in [6, 6.07) is 0. The number of hydrogen-bond donors (Lipinski definition) is 0. The summed E-state index contributed by atoms with van der Waals surface area (Å²) in [7, 11) is 0. The summed E-state index contributed by atoms with van der Waals surface area (Å²) in [6.45, 7) is 0. The van der Waals surface area contributed by atoms with E-state index in [0.29, 0.717) is 0 Å². The van der Waals surface area contributed by atoms with Crippen molar-refractivity contribution in [2.45, 2.75) is 0 Å². The molecule has 0 saturated carbocycles. The SMILES string of the molecule is [Cs+].[Cs+].[O]=[Ru](=[O])(=[O])([O-])[O-]. The van der Waals surface area contributed by atoms with Gasteiger partial charge in [0.25, 0.3) is 0 Å². The third kappa shape index (κ3) is 50.2. The van der Waals surface area contributed by atoms with Crippen LogP contribution in [0.1, 0.15) is 0 Å². The molecule has 0 atom stereocenters. The van der Waals surface area contributed by atoms with Gasteiger partial charge in [0.15, 0.2) is 0 Å². The molecule has 0 aliphatic heterocycles. The van der Waals surface area contributed by atoms with Gasteiger partial charge in [-0.3, -0.25) is 0 Å². The van der Waals surface area contributed by atoms with Crippen molar-refractivity contribution in [2.24, 2.45) is 0 Å². The van der Waals surface area contributed by atoms with Gasteiger partial charge in [0.2, 0.25) is 0 Å². The predicted octanol–water partition coefficient (Wildman–Crippen LogP) is -8.73. The van der Waals surface area contributed by atoms with E-state index in [9.17, 15) is 0 Å². The molecular weight excluding hydrogens is 447 g/mol. The summed E-state index contributed by atoms with van der Waals surface area (Å²) in [5.74, 6) is 0. The van der Waals surface area contributed by atoms with Crippen LogP contribution in [-0.2, 0) is 24.9 Å². The van der Waals surface area contributed by atoms with Crippen LogP contribution in [0.4, 0.5) is 0 Å². The minimum atomic E-state index is -7.72. The van der Waals surface area contributed by atoms with E-state index in [1.165, 1.54) is 0 Å². The summed E-state index contributed by atoms with van der Waals surface area (Å²) in [5, 5.41) is 0. The van der Waals surface area contributed by atoms with Crippen LogP contribution in [0, 0.1) is 0 Å². The normalized spacial score (nSPS) is 14.0. The Hall–Kier alpha value is 4.05. The fraction of sp³-hybridized carbons (Fsp3) is 0. The fourth-order valence-corrected chi connectivity index (χ4v) is 0. The van der Waals surface area contributed by atoms with Gasteiger partial charge in [-0.25, -0.2) is 0 Å². The molecule has 0 amide bonds. The molecule has 0 aliphatic carbocycles. The molecule has 0 saturated heterocycles. The Kier molecular flexibility index (Phi) is 12.7. The molecule has 0 heterocycles. The van der Waals surface area contributed by atoms with Crippen molar-refractivity contribution in [3.05, 3.63) is 0 Å². The van der Waals surface area contributed by atoms with Crippen LogP contribution in [0.5, 0.6) is 0 Å². The fourth-order valence-electron chi connectivity index (χ4n) is 0. The van der Waals surface area contributed by atoms with E-state index in [2.05, 4.69) is 0 Å². The van der Waals surface area contributed by atoms with Gasteiger partial charge in [0.05, 0.1) is 0 Å². The zero-order chi connectivity index (χ0) is 5.45. The van der Waals surface area contributed by atoms with Gasteiger partial charge in [-0.1, -0.05) is 0 Å². The molecule has 0 aromatic carbocycles. The second-order valence-corrected chi connectivity index (χ2v) is 3.49. The molecule has 40 valence electrons. The topological polar surface area (TPSA) is 97.3 Å². The van der Waals surface area contributed by atoms with Crippen molar-refractivity contribution in [1.82, 2.24) is 0 Å². The molecule has 8 heteroatoms. The molecule has 0 rings (SSSR count). The van der Waals surface area contributed by atoms with Crippen LogP contribution in [0.3, 0.4) is 0 Å². The van der Waals surface area contributed by atoms with E-state index >= 15 is 0 Å². The van der Waals surface area contributed by atoms with Crippen LogP contribution in [0.25, 0.3) is 0 Å². The molecule has 0 aromatic heterocycles. The molecule has 0 fully saturated rings. The van der Waals surface area contributed by atoms with Crippen LogP contribution in [-0.4, -0.2) is 0 Å². The average Bonchev–Trinajstić information content (AvgIpc) is 0.650. The molecule has 8 heavy (non-hydrogen) atoms. The van der Waals surface area contributed by atoms with Crippen LogP contribution >= 0.6 is 0 Å². The molecule has 5 nitrogen and oxygen atoms in total. The standard InChI is InChI=1S/2Cs.5O.Ru/q2*+1;;;;2*-1;. The molecule has 0 bridgehead atoms. The molecule has 0 aromatic rings. The average molecular weight is 447 g/mol. The van der Waals surface area contributed by atoms with Crippen molar-refractivity contribution in [3.8, 4) is 0 Å². The summed E-state index contributed by atoms with van der Waals surface area (Å²) in [4.78, 5) is 0. The Morgan fingerprint density at radius 3 is 0.875 bits per heavy atom. The van der Waals surface area contributed by atoms with Crippen LogP contribution < -0.4 is 146 Å². The molecule has 0 radical (unpaired) electrons.